The van der Waals surface area contributed by atoms with Gasteiger partial charge in [-0.25, -0.2) is 15.0 Å². The number of hydrogen-bond acceptors (Lipinski definition) is 9. The molecule has 1 aromatic carbocycles. The Morgan fingerprint density at radius 1 is 1.00 bits per heavy atom. The molecule has 2 atom stereocenters. The Bertz CT molecular complexity index is 1350. The van der Waals surface area contributed by atoms with Gasteiger partial charge >= 0.3 is 5.97 Å². The van der Waals surface area contributed by atoms with Gasteiger partial charge in [0.05, 0.1) is 25.2 Å². The lowest BCUT2D eigenvalue weighted by Crippen LogP contribution is -2.47. The molecule has 2 aliphatic rings. The highest BCUT2D eigenvalue weighted by Gasteiger charge is 2.26. The molecule has 0 spiro atoms. The van der Waals surface area contributed by atoms with Gasteiger partial charge in [-0.05, 0) is 81.1 Å². The molecule has 4 heterocycles. The summed E-state index contributed by atoms with van der Waals surface area (Å²) >= 11 is 12.6. The van der Waals surface area contributed by atoms with Gasteiger partial charge < -0.3 is 19.7 Å². The summed E-state index contributed by atoms with van der Waals surface area (Å²) < 4.78 is 11.1. The zero-order valence-electron chi connectivity index (χ0n) is 25.2. The highest BCUT2D eigenvalue weighted by Crippen LogP contribution is 2.31. The first-order chi connectivity index (χ1) is 20.3. The fourth-order valence-electron chi connectivity index (χ4n) is 5.88. The molecule has 3 aromatic rings. The molecule has 0 radical (unpaired) electrons. The maximum atomic E-state index is 11.7. The van der Waals surface area contributed by atoms with E-state index in [4.69, 9.17) is 37.7 Å². The second-order valence-corrected chi connectivity index (χ2v) is 12.2. The number of methoxy groups -OCH3 is 1. The lowest BCUT2D eigenvalue weighted by molar-refractivity contribution is -0.142. The molecule has 5 rings (SSSR count). The van der Waals surface area contributed by atoms with Crippen molar-refractivity contribution < 1.29 is 14.3 Å². The molecule has 2 fully saturated rings. The van der Waals surface area contributed by atoms with Crippen LogP contribution >= 0.6 is 48.0 Å². The fourth-order valence-corrected chi connectivity index (χ4v) is 6.41. The van der Waals surface area contributed by atoms with E-state index in [9.17, 15) is 4.79 Å². The van der Waals surface area contributed by atoms with Crippen LogP contribution in [0, 0.1) is 11.8 Å². The number of benzene rings is 1. The molecule has 2 aliphatic heterocycles. The molecular weight excluding hydrogens is 646 g/mol. The molecule has 0 saturated carbocycles. The van der Waals surface area contributed by atoms with Gasteiger partial charge in [0.1, 0.15) is 0 Å². The maximum absolute atomic E-state index is 11.7. The molecule has 13 heteroatoms. The van der Waals surface area contributed by atoms with E-state index in [0.717, 1.165) is 63.1 Å². The van der Waals surface area contributed by atoms with Crippen LogP contribution in [0.2, 0.25) is 10.0 Å². The van der Waals surface area contributed by atoms with Crippen molar-refractivity contribution in [3.05, 3.63) is 58.3 Å². The molecule has 2 unspecified atom stereocenters. The maximum Gasteiger partial charge on any atom is 0.305 e. The van der Waals surface area contributed by atoms with Crippen LogP contribution in [-0.2, 0) is 16.1 Å². The Morgan fingerprint density at radius 2 is 1.68 bits per heavy atom. The van der Waals surface area contributed by atoms with Gasteiger partial charge in [-0.2, -0.15) is 0 Å². The van der Waals surface area contributed by atoms with Crippen molar-refractivity contribution in [1.82, 2.24) is 25.2 Å². The molecule has 0 bridgehead atoms. The van der Waals surface area contributed by atoms with Gasteiger partial charge in [-0.15, -0.1) is 24.8 Å². The quantitative estimate of drug-likeness (QED) is 0.247. The lowest BCUT2D eigenvalue weighted by atomic mass is 9.93. The van der Waals surface area contributed by atoms with Crippen LogP contribution in [0.1, 0.15) is 38.2 Å². The molecule has 1 N–H and O–H groups in total. The third kappa shape index (κ3) is 9.55. The van der Waals surface area contributed by atoms with E-state index in [2.05, 4.69) is 32.0 Å². The Kier molecular flexibility index (Phi) is 13.8. The first-order valence-corrected chi connectivity index (χ1v) is 15.2. The number of halogens is 4. The van der Waals surface area contributed by atoms with Crippen LogP contribution < -0.4 is 15.0 Å². The smallest absolute Gasteiger partial charge is 0.305 e. The second-order valence-electron chi connectivity index (χ2n) is 11.3. The molecule has 2 saturated heterocycles. The minimum atomic E-state index is -0.140. The van der Waals surface area contributed by atoms with Gasteiger partial charge in [0.15, 0.2) is 5.75 Å². The fraction of sp³-hybridized carbons (Fsp3) is 0.484. The summed E-state index contributed by atoms with van der Waals surface area (Å²) in [5, 5.41) is 4.47. The predicted octanol–water partition coefficient (Wildman–Crippen LogP) is 6.69. The Balaban J connectivity index is 0.00000264. The Hall–Kier alpha value is -2.40. The van der Waals surface area contributed by atoms with E-state index in [0.29, 0.717) is 57.6 Å². The van der Waals surface area contributed by atoms with E-state index < -0.39 is 0 Å². The zero-order chi connectivity index (χ0) is 29.6. The minimum absolute atomic E-state index is 0. The summed E-state index contributed by atoms with van der Waals surface area (Å²) in [6, 6.07) is 9.90. The number of nitrogens with zero attached hydrogens (tertiary/aromatic N) is 5. The zero-order valence-corrected chi connectivity index (χ0v) is 28.3. The lowest BCUT2D eigenvalue weighted by Gasteiger charge is -2.36. The normalized spacial score (nSPS) is 19.1. The number of piperidine rings is 2. The Labute approximate surface area is 281 Å². The predicted molar refractivity (Wildman–Crippen MR) is 180 cm³/mol. The van der Waals surface area contributed by atoms with E-state index >= 15 is 0 Å². The van der Waals surface area contributed by atoms with Crippen molar-refractivity contribution in [2.75, 3.05) is 45.2 Å². The summed E-state index contributed by atoms with van der Waals surface area (Å²) in [4.78, 5) is 30.3. The van der Waals surface area contributed by atoms with E-state index in [1.165, 1.54) is 7.11 Å². The van der Waals surface area contributed by atoms with Crippen molar-refractivity contribution >= 4 is 59.9 Å². The molecule has 2 aromatic heterocycles. The van der Waals surface area contributed by atoms with Crippen LogP contribution in [0.4, 0.5) is 5.95 Å². The van der Waals surface area contributed by atoms with Crippen molar-refractivity contribution in [3.63, 3.8) is 0 Å². The summed E-state index contributed by atoms with van der Waals surface area (Å²) in [5.41, 5.74) is 2.57. The number of carbonyl (C=O) groups excluding carboxylic acids is 1. The molecule has 0 aliphatic carbocycles. The molecular formula is C31H40Cl4N6O3. The van der Waals surface area contributed by atoms with Crippen molar-refractivity contribution in [2.24, 2.45) is 11.8 Å². The summed E-state index contributed by atoms with van der Waals surface area (Å²) in [6.45, 7) is 6.59. The number of likely N-dealkylation sites (tertiary alicyclic amines) is 1. The van der Waals surface area contributed by atoms with Gasteiger partial charge in [0.25, 0.3) is 0 Å². The van der Waals surface area contributed by atoms with Crippen LogP contribution in [0.15, 0.2) is 42.7 Å². The summed E-state index contributed by atoms with van der Waals surface area (Å²) in [7, 11) is 3.46. The van der Waals surface area contributed by atoms with Gasteiger partial charge in [0, 0.05) is 53.8 Å². The van der Waals surface area contributed by atoms with E-state index in [-0.39, 0.29) is 30.8 Å². The van der Waals surface area contributed by atoms with Crippen molar-refractivity contribution in [2.45, 2.75) is 45.2 Å². The van der Waals surface area contributed by atoms with E-state index in [1.807, 2.05) is 31.3 Å². The monoisotopic (exact) mass is 684 g/mol. The average Bonchev–Trinajstić information content (AvgIpc) is 2.98. The summed E-state index contributed by atoms with van der Waals surface area (Å²) in [6.07, 6.45) is 6.84. The number of pyridine rings is 1. The third-order valence-electron chi connectivity index (χ3n) is 8.21. The number of aromatic nitrogens is 3. The van der Waals surface area contributed by atoms with Gasteiger partial charge in [0.2, 0.25) is 11.8 Å². The van der Waals surface area contributed by atoms with Crippen molar-refractivity contribution in [3.8, 4) is 22.9 Å². The largest absolute Gasteiger partial charge is 0.469 e. The van der Waals surface area contributed by atoms with Crippen LogP contribution in [0.3, 0.4) is 0 Å². The SMILES string of the molecule is CNC1CCN(c2ncc(Oc3cc(CN4CCC(CC(=O)OC)CC4)cc(-c4cc(Cl)cc(Cl)c4)n3)cn2)CC1C.Cl.Cl. The third-order valence-corrected chi connectivity index (χ3v) is 8.65. The summed E-state index contributed by atoms with van der Waals surface area (Å²) in [5.74, 6) is 2.39. The molecule has 9 nitrogen and oxygen atoms in total. The van der Waals surface area contributed by atoms with Crippen LogP contribution in [0.5, 0.6) is 11.6 Å². The number of ether oxygens (including phenoxy) is 2. The first-order valence-electron chi connectivity index (χ1n) is 14.5. The molecule has 0 amide bonds. The van der Waals surface area contributed by atoms with E-state index in [1.54, 1.807) is 18.5 Å². The highest BCUT2D eigenvalue weighted by molar-refractivity contribution is 6.35. The van der Waals surface area contributed by atoms with Crippen molar-refractivity contribution in [1.29, 1.82) is 0 Å². The number of nitrogens with one attached hydrogen (secondary N) is 1. The Morgan fingerprint density at radius 3 is 2.30 bits per heavy atom. The number of carbonyl (C=O) groups is 1. The topological polar surface area (TPSA) is 92.7 Å². The molecule has 44 heavy (non-hydrogen) atoms. The van der Waals surface area contributed by atoms with Crippen LogP contribution in [-0.4, -0.2) is 72.2 Å². The second kappa shape index (κ2) is 16.8. The minimum Gasteiger partial charge on any atom is -0.469 e. The standard InChI is InChI=1S/C31H38Cl2N6O3.2ClH/c1-20-18-39(9-6-27(20)34-2)31-35-16-26(17-36-31)42-29-11-22(10-28(37-29)23-13-24(32)15-25(33)14-23)19-38-7-4-21(5-8-38)12-30(40)41-3;;/h10-11,13-17,20-21,27,34H,4-9,12,18-19H2,1-3H3;2*1H. The number of rotatable bonds is 9. The average molecular weight is 687 g/mol. The highest BCUT2D eigenvalue weighted by atomic mass is 35.5. The first kappa shape index (κ1) is 36.1. The number of hydrogen-bond donors (Lipinski definition) is 1. The number of esters is 1. The van der Waals surface area contributed by atoms with Gasteiger partial charge in [-0.3, -0.25) is 9.69 Å². The van der Waals surface area contributed by atoms with Crippen LogP contribution in [0.25, 0.3) is 11.3 Å². The van der Waals surface area contributed by atoms with Gasteiger partial charge in [-0.1, -0.05) is 30.1 Å². The molecule has 240 valence electrons. The number of anilines is 1.